The number of phenols is 2. The van der Waals surface area contributed by atoms with Crippen LogP contribution >= 0.6 is 0 Å². The number of hydrogen-bond donors (Lipinski definition) is 6. The molecule has 270 valence electrons. The molecule has 0 amide bonds. The largest absolute Gasteiger partial charge is 0.504 e. The zero-order valence-corrected chi connectivity index (χ0v) is 27.3. The van der Waals surface area contributed by atoms with Crippen LogP contribution in [0.1, 0.15) is 25.0 Å². The fraction of sp³-hybridized carbons (Fsp3) is 0.515. The van der Waals surface area contributed by atoms with Gasteiger partial charge in [-0.25, -0.2) is 4.79 Å². The van der Waals surface area contributed by atoms with Gasteiger partial charge in [0.1, 0.15) is 30.5 Å². The van der Waals surface area contributed by atoms with Crippen molar-refractivity contribution < 1.29 is 78.1 Å². The average Bonchev–Trinajstić information content (AvgIpc) is 3.07. The lowest BCUT2D eigenvalue weighted by atomic mass is 9.96. The average molecular weight is 695 g/mol. The van der Waals surface area contributed by atoms with Crippen LogP contribution in [0.3, 0.4) is 0 Å². The van der Waals surface area contributed by atoms with Gasteiger partial charge in [-0.3, -0.25) is 4.79 Å². The number of carbonyl (C=O) groups excluding carboxylic acids is 2. The zero-order valence-electron chi connectivity index (χ0n) is 27.3. The molecular weight excluding hydrogens is 652 g/mol. The highest BCUT2D eigenvalue weighted by Gasteiger charge is 2.53. The van der Waals surface area contributed by atoms with Crippen LogP contribution in [0.4, 0.5) is 0 Å². The van der Waals surface area contributed by atoms with Crippen LogP contribution in [-0.4, -0.2) is 131 Å². The molecule has 10 atom stereocenters. The van der Waals surface area contributed by atoms with Crippen LogP contribution in [0.15, 0.2) is 42.5 Å². The van der Waals surface area contributed by atoms with Gasteiger partial charge in [-0.15, -0.1) is 0 Å². The highest BCUT2D eigenvalue weighted by molar-refractivity contribution is 5.87. The molecule has 2 aliphatic heterocycles. The van der Waals surface area contributed by atoms with Crippen molar-refractivity contribution in [1.29, 1.82) is 0 Å². The molecule has 2 aliphatic rings. The fourth-order valence-electron chi connectivity index (χ4n) is 5.38. The molecular formula is C33H42O16. The van der Waals surface area contributed by atoms with Crippen LogP contribution in [0.25, 0.3) is 6.08 Å². The first-order valence-electron chi connectivity index (χ1n) is 15.4. The highest BCUT2D eigenvalue weighted by atomic mass is 16.7. The molecule has 0 aromatic heterocycles. The van der Waals surface area contributed by atoms with E-state index in [2.05, 4.69) is 0 Å². The van der Waals surface area contributed by atoms with Crippen molar-refractivity contribution in [3.63, 3.8) is 0 Å². The minimum absolute atomic E-state index is 0.0421. The van der Waals surface area contributed by atoms with Crippen molar-refractivity contribution in [2.75, 3.05) is 27.4 Å². The van der Waals surface area contributed by atoms with Crippen molar-refractivity contribution >= 4 is 18.0 Å². The molecule has 16 heteroatoms. The molecule has 2 aromatic rings. The Morgan fingerprint density at radius 3 is 2.22 bits per heavy atom. The third kappa shape index (κ3) is 9.37. The van der Waals surface area contributed by atoms with Gasteiger partial charge in [0.25, 0.3) is 0 Å². The number of rotatable bonds is 13. The quantitative estimate of drug-likeness (QED) is 0.121. The maximum absolute atomic E-state index is 13.1. The standard InChI is InChI=1S/C33H42O16/c1-16-26(39)27(40)31(46-17(2)35)33(45-16)49-30-28(41)32(44-12-11-19-6-9-22(42-3)21(37)13-19)47-24(15-34)29(30)48-25(38)10-7-18-5-8-20(36)23(14-18)43-4/h5-10,13-14,16,24,26-34,36-37,39-41H,11-12,15H2,1-4H3/b10-7+/t16-,24+,26-,27+,28+,29+,30+,31+,32+,33-/m0/s1. The number of esters is 2. The molecule has 49 heavy (non-hydrogen) atoms. The van der Waals surface area contributed by atoms with Gasteiger partial charge < -0.3 is 68.5 Å². The number of hydrogen-bond acceptors (Lipinski definition) is 16. The Morgan fingerprint density at radius 2 is 1.57 bits per heavy atom. The van der Waals surface area contributed by atoms with Gasteiger partial charge in [0.05, 0.1) is 33.5 Å². The lowest BCUT2D eigenvalue weighted by Crippen LogP contribution is -2.65. The number of benzene rings is 2. The Bertz CT molecular complexity index is 1450. The van der Waals surface area contributed by atoms with Gasteiger partial charge in [-0.1, -0.05) is 12.1 Å². The van der Waals surface area contributed by atoms with Crippen LogP contribution in [0.5, 0.6) is 23.0 Å². The van der Waals surface area contributed by atoms with Crippen molar-refractivity contribution in [2.45, 2.75) is 81.7 Å². The van der Waals surface area contributed by atoms with Crippen molar-refractivity contribution in [1.82, 2.24) is 0 Å². The summed E-state index contributed by atoms with van der Waals surface area (Å²) in [6.45, 7) is 1.74. The number of phenolic OH excluding ortho intramolecular Hbond substituents is 2. The smallest absolute Gasteiger partial charge is 0.331 e. The fourth-order valence-corrected chi connectivity index (χ4v) is 5.38. The minimum Gasteiger partial charge on any atom is -0.504 e. The highest BCUT2D eigenvalue weighted by Crippen LogP contribution is 2.33. The van der Waals surface area contributed by atoms with E-state index in [1.165, 1.54) is 51.5 Å². The minimum atomic E-state index is -1.71. The molecule has 2 saturated heterocycles. The van der Waals surface area contributed by atoms with Crippen LogP contribution < -0.4 is 9.47 Å². The number of aliphatic hydroxyl groups excluding tert-OH is 4. The summed E-state index contributed by atoms with van der Waals surface area (Å²) in [5.74, 6) is -1.51. The molecule has 0 saturated carbocycles. The summed E-state index contributed by atoms with van der Waals surface area (Å²) in [6.07, 6.45) is -12.1. The van der Waals surface area contributed by atoms with E-state index < -0.39 is 80.0 Å². The van der Waals surface area contributed by atoms with E-state index in [1.807, 2.05) is 0 Å². The number of carbonyl (C=O) groups is 2. The van der Waals surface area contributed by atoms with Gasteiger partial charge in [0, 0.05) is 13.0 Å². The number of methoxy groups -OCH3 is 2. The number of ether oxygens (including phenoxy) is 8. The van der Waals surface area contributed by atoms with Crippen molar-refractivity contribution in [2.24, 2.45) is 0 Å². The summed E-state index contributed by atoms with van der Waals surface area (Å²) in [6, 6.07) is 9.12. The van der Waals surface area contributed by atoms with E-state index in [4.69, 9.17) is 37.9 Å². The third-order valence-corrected chi connectivity index (χ3v) is 7.96. The third-order valence-electron chi connectivity index (χ3n) is 7.96. The van der Waals surface area contributed by atoms with Crippen molar-refractivity contribution in [3.8, 4) is 23.0 Å². The molecule has 0 spiro atoms. The molecule has 2 heterocycles. The van der Waals surface area contributed by atoms with Gasteiger partial charge >= 0.3 is 11.9 Å². The summed E-state index contributed by atoms with van der Waals surface area (Å²) >= 11 is 0. The van der Waals surface area contributed by atoms with Gasteiger partial charge in [0.2, 0.25) is 0 Å². The van der Waals surface area contributed by atoms with Crippen LogP contribution in [-0.2, 0) is 44.4 Å². The van der Waals surface area contributed by atoms with Gasteiger partial charge in [0.15, 0.2) is 47.8 Å². The molecule has 6 N–H and O–H groups in total. The summed E-state index contributed by atoms with van der Waals surface area (Å²) in [7, 11) is 2.78. The monoisotopic (exact) mass is 694 g/mol. The molecule has 0 bridgehead atoms. The molecule has 0 unspecified atom stereocenters. The molecule has 4 rings (SSSR count). The topological polar surface area (TPSA) is 229 Å². The number of aromatic hydroxyl groups is 2. The summed E-state index contributed by atoms with van der Waals surface area (Å²) < 4.78 is 44.3. The van der Waals surface area contributed by atoms with E-state index >= 15 is 0 Å². The van der Waals surface area contributed by atoms with E-state index in [0.717, 1.165) is 13.0 Å². The zero-order chi connectivity index (χ0) is 35.8. The van der Waals surface area contributed by atoms with Crippen LogP contribution in [0.2, 0.25) is 0 Å². The maximum Gasteiger partial charge on any atom is 0.331 e. The lowest BCUT2D eigenvalue weighted by Gasteiger charge is -2.47. The Morgan fingerprint density at radius 1 is 0.837 bits per heavy atom. The predicted octanol–water partition coefficient (Wildman–Crippen LogP) is 0.161. The Kier molecular flexibility index (Phi) is 13.2. The molecule has 2 fully saturated rings. The summed E-state index contributed by atoms with van der Waals surface area (Å²) in [5.41, 5.74) is 1.14. The normalized spacial score (nSPS) is 30.1. The molecule has 16 nitrogen and oxygen atoms in total. The van der Waals surface area contributed by atoms with Crippen LogP contribution in [0, 0.1) is 0 Å². The second-order valence-corrected chi connectivity index (χ2v) is 11.4. The van der Waals surface area contributed by atoms with E-state index in [9.17, 15) is 40.2 Å². The SMILES string of the molecule is COc1ccc(CCO[C@@H]2O[C@H](CO)[C@@H](OC(=O)/C=C/c3ccc(O)c(OC)c3)[C@H](O[C@@H]3O[C@@H](C)[C@H](O)[C@@H](O)[C@H]3OC(C)=O)[C@H]2O)cc1O. The Balaban J connectivity index is 1.57. The summed E-state index contributed by atoms with van der Waals surface area (Å²) in [5, 5.41) is 62.8. The van der Waals surface area contributed by atoms with Gasteiger partial charge in [-0.2, -0.15) is 0 Å². The van der Waals surface area contributed by atoms with Gasteiger partial charge in [-0.05, 0) is 54.8 Å². The molecule has 2 aromatic carbocycles. The second kappa shape index (κ2) is 17.1. The van der Waals surface area contributed by atoms with Crippen molar-refractivity contribution in [3.05, 3.63) is 53.6 Å². The maximum atomic E-state index is 13.1. The van der Waals surface area contributed by atoms with E-state index in [-0.39, 0.29) is 36.0 Å². The lowest BCUT2D eigenvalue weighted by molar-refractivity contribution is -0.357. The first-order chi connectivity index (χ1) is 23.4. The van der Waals surface area contributed by atoms with E-state index in [0.29, 0.717) is 11.1 Å². The van der Waals surface area contributed by atoms with E-state index in [1.54, 1.807) is 12.1 Å². The first-order valence-corrected chi connectivity index (χ1v) is 15.4. The Labute approximate surface area is 281 Å². The molecule has 0 aliphatic carbocycles. The number of aliphatic hydroxyl groups is 4. The summed E-state index contributed by atoms with van der Waals surface area (Å²) in [4.78, 5) is 24.9. The predicted molar refractivity (Wildman–Crippen MR) is 166 cm³/mol. The first kappa shape index (κ1) is 37.8. The Hall–Kier alpha value is -4.00. The second-order valence-electron chi connectivity index (χ2n) is 11.4. The molecule has 0 radical (unpaired) electrons.